The van der Waals surface area contributed by atoms with Crippen LogP contribution < -0.4 is 5.32 Å². The zero-order valence-corrected chi connectivity index (χ0v) is 18.7. The summed E-state index contributed by atoms with van der Waals surface area (Å²) in [6.45, 7) is 1.06. The van der Waals surface area contributed by atoms with Crippen molar-refractivity contribution in [3.05, 3.63) is 69.7 Å². The van der Waals surface area contributed by atoms with E-state index < -0.39 is 10.0 Å². The zero-order valence-electron chi connectivity index (χ0n) is 16.3. The summed E-state index contributed by atoms with van der Waals surface area (Å²) in [4.78, 5) is 13.3. The Kier molecular flexibility index (Phi) is 4.92. The van der Waals surface area contributed by atoms with E-state index in [1.165, 1.54) is 26.9 Å². The van der Waals surface area contributed by atoms with Crippen molar-refractivity contribution in [1.29, 1.82) is 0 Å². The van der Waals surface area contributed by atoms with Crippen molar-refractivity contribution >= 4 is 48.3 Å². The van der Waals surface area contributed by atoms with Gasteiger partial charge in [-0.2, -0.15) is 4.31 Å². The lowest BCUT2D eigenvalue weighted by atomic mass is 10.0. The number of anilines is 1. The number of hydrogen-bond acceptors (Lipinski definition) is 3. The third kappa shape index (κ3) is 3.25. The Morgan fingerprint density at radius 1 is 0.967 bits per heavy atom. The van der Waals surface area contributed by atoms with Crippen molar-refractivity contribution in [3.8, 4) is 0 Å². The number of sulfonamides is 1. The van der Waals surface area contributed by atoms with Crippen LogP contribution in [0.2, 0.25) is 0 Å². The van der Waals surface area contributed by atoms with Gasteiger partial charge < -0.3 is 5.32 Å². The van der Waals surface area contributed by atoms with E-state index in [-0.39, 0.29) is 10.8 Å². The molecular weight excluding hydrogens is 464 g/mol. The maximum Gasteiger partial charge on any atom is 0.256 e. The average Bonchev–Trinajstić information content (AvgIpc) is 3.42. The fourth-order valence-electron chi connectivity index (χ4n) is 4.46. The van der Waals surface area contributed by atoms with Gasteiger partial charge >= 0.3 is 0 Å². The number of nitrogens with zero attached hydrogens (tertiary/aromatic N) is 1. The lowest BCUT2D eigenvalue weighted by molar-refractivity contribution is 0.102. The summed E-state index contributed by atoms with van der Waals surface area (Å²) in [5, 5.41) is 5.24. The molecule has 154 valence electrons. The third-order valence-electron chi connectivity index (χ3n) is 6.01. The van der Waals surface area contributed by atoms with Gasteiger partial charge in [0.1, 0.15) is 0 Å². The molecule has 1 aliphatic carbocycles. The number of aryl methyl sites for hydroxylation is 2. The minimum absolute atomic E-state index is 0.151. The Labute approximate surface area is 184 Å². The molecule has 0 unspecified atom stereocenters. The van der Waals surface area contributed by atoms with Crippen LogP contribution in [0.4, 0.5) is 5.69 Å². The van der Waals surface area contributed by atoms with Crippen molar-refractivity contribution in [2.45, 2.75) is 30.6 Å². The van der Waals surface area contributed by atoms with E-state index in [1.54, 1.807) is 12.1 Å². The highest BCUT2D eigenvalue weighted by Crippen LogP contribution is 2.35. The van der Waals surface area contributed by atoms with Gasteiger partial charge in [0, 0.05) is 28.6 Å². The smallest absolute Gasteiger partial charge is 0.256 e. The van der Waals surface area contributed by atoms with Gasteiger partial charge in [-0.05, 0) is 82.4 Å². The number of amides is 1. The van der Waals surface area contributed by atoms with Crippen LogP contribution in [-0.4, -0.2) is 31.7 Å². The van der Waals surface area contributed by atoms with E-state index in [1.807, 2.05) is 18.2 Å². The van der Waals surface area contributed by atoms with E-state index in [2.05, 4.69) is 33.4 Å². The van der Waals surface area contributed by atoms with Crippen LogP contribution >= 0.6 is 15.9 Å². The van der Waals surface area contributed by atoms with Crippen LogP contribution in [0.15, 0.2) is 57.9 Å². The Morgan fingerprint density at radius 3 is 2.47 bits per heavy atom. The molecule has 1 heterocycles. The Hall–Kier alpha value is -2.22. The average molecular weight is 485 g/mol. The van der Waals surface area contributed by atoms with E-state index in [0.717, 1.165) is 36.8 Å². The molecule has 1 amide bonds. The van der Waals surface area contributed by atoms with E-state index >= 15 is 0 Å². The van der Waals surface area contributed by atoms with Crippen molar-refractivity contribution in [2.24, 2.45) is 0 Å². The molecule has 5 nitrogen and oxygen atoms in total. The lowest BCUT2D eigenvalue weighted by Crippen LogP contribution is -2.28. The van der Waals surface area contributed by atoms with E-state index in [9.17, 15) is 13.2 Å². The second-order valence-corrected chi connectivity index (χ2v) is 10.6. The highest BCUT2D eigenvalue weighted by Gasteiger charge is 2.28. The van der Waals surface area contributed by atoms with Gasteiger partial charge in [0.05, 0.1) is 10.5 Å². The van der Waals surface area contributed by atoms with Crippen LogP contribution in [0.3, 0.4) is 0 Å². The molecule has 2 aliphatic rings. The summed E-state index contributed by atoms with van der Waals surface area (Å²) in [5.41, 5.74) is 3.65. The molecular formula is C23H21BrN2O3S. The third-order valence-corrected chi connectivity index (χ3v) is 8.60. The molecule has 0 radical (unpaired) electrons. The van der Waals surface area contributed by atoms with E-state index in [0.29, 0.717) is 23.1 Å². The summed E-state index contributed by atoms with van der Waals surface area (Å²) in [5.74, 6) is -0.334. The van der Waals surface area contributed by atoms with Gasteiger partial charge in [-0.15, -0.1) is 0 Å². The standard InChI is InChI=1S/C23H21BrN2O3S/c24-20-10-9-17(30(28,29)26-12-1-2-13-26)14-19(20)23(27)25-21-11-8-16-7-6-15-4-3-5-18(21)22(15)16/h3-5,8-11,14H,1-2,6-7,12-13H2,(H,25,27). The van der Waals surface area contributed by atoms with Gasteiger partial charge in [0.2, 0.25) is 10.0 Å². The molecule has 1 saturated heterocycles. The SMILES string of the molecule is O=C(Nc1ccc2c3c(cccc13)CC2)c1cc(S(=O)(=O)N2CCCC2)ccc1Br. The van der Waals surface area contributed by atoms with Gasteiger partial charge in [-0.3, -0.25) is 4.79 Å². The highest BCUT2D eigenvalue weighted by molar-refractivity contribution is 9.10. The Balaban J connectivity index is 1.50. The number of carbonyl (C=O) groups excluding carboxylic acids is 1. The molecule has 0 bridgehead atoms. The molecule has 7 heteroatoms. The molecule has 3 aromatic carbocycles. The predicted molar refractivity (Wildman–Crippen MR) is 121 cm³/mol. The maximum atomic E-state index is 13.1. The van der Waals surface area contributed by atoms with Gasteiger partial charge in [-0.1, -0.05) is 24.3 Å². The molecule has 1 N–H and O–H groups in total. The second kappa shape index (κ2) is 7.48. The minimum atomic E-state index is -3.59. The number of halogens is 1. The molecule has 0 saturated carbocycles. The monoisotopic (exact) mass is 484 g/mol. The van der Waals surface area contributed by atoms with Crippen LogP contribution in [0.25, 0.3) is 10.8 Å². The van der Waals surface area contributed by atoms with Crippen molar-refractivity contribution in [1.82, 2.24) is 4.31 Å². The van der Waals surface area contributed by atoms with E-state index in [4.69, 9.17) is 0 Å². The first-order chi connectivity index (χ1) is 14.4. The fourth-order valence-corrected chi connectivity index (χ4v) is 6.43. The quantitative estimate of drug-likeness (QED) is 0.581. The molecule has 0 aromatic heterocycles. The molecule has 1 fully saturated rings. The van der Waals surface area contributed by atoms with Crippen LogP contribution in [0, 0.1) is 0 Å². The van der Waals surface area contributed by atoms with Crippen LogP contribution in [0.1, 0.15) is 34.3 Å². The molecule has 30 heavy (non-hydrogen) atoms. The summed E-state index contributed by atoms with van der Waals surface area (Å²) in [6, 6.07) is 14.8. The lowest BCUT2D eigenvalue weighted by Gasteiger charge is -2.17. The number of rotatable bonds is 4. The fraction of sp³-hybridized carbons (Fsp3) is 0.261. The van der Waals surface area contributed by atoms with Crippen LogP contribution in [-0.2, 0) is 22.9 Å². The summed E-state index contributed by atoms with van der Waals surface area (Å²) < 4.78 is 27.9. The molecule has 0 spiro atoms. The van der Waals surface area contributed by atoms with Crippen LogP contribution in [0.5, 0.6) is 0 Å². The van der Waals surface area contributed by atoms with Crippen molar-refractivity contribution in [3.63, 3.8) is 0 Å². The normalized spacial score (nSPS) is 16.3. The summed E-state index contributed by atoms with van der Waals surface area (Å²) in [6.07, 6.45) is 3.78. The topological polar surface area (TPSA) is 66.5 Å². The number of hydrogen-bond donors (Lipinski definition) is 1. The first-order valence-electron chi connectivity index (χ1n) is 10.1. The molecule has 3 aromatic rings. The van der Waals surface area contributed by atoms with Gasteiger partial charge in [0.15, 0.2) is 0 Å². The van der Waals surface area contributed by atoms with Crippen molar-refractivity contribution < 1.29 is 13.2 Å². The minimum Gasteiger partial charge on any atom is -0.321 e. The molecule has 0 atom stereocenters. The largest absolute Gasteiger partial charge is 0.321 e. The molecule has 5 rings (SSSR count). The number of benzene rings is 3. The number of nitrogens with one attached hydrogen (secondary N) is 1. The van der Waals surface area contributed by atoms with Crippen molar-refractivity contribution in [2.75, 3.05) is 18.4 Å². The second-order valence-electron chi connectivity index (χ2n) is 7.82. The molecule has 1 aliphatic heterocycles. The highest BCUT2D eigenvalue weighted by atomic mass is 79.9. The maximum absolute atomic E-state index is 13.1. The summed E-state index contributed by atoms with van der Waals surface area (Å²) in [7, 11) is -3.59. The Bertz CT molecular complexity index is 1270. The first kappa shape index (κ1) is 19.7. The predicted octanol–water partition coefficient (Wildman–Crippen LogP) is 4.74. The van der Waals surface area contributed by atoms with Gasteiger partial charge in [0.25, 0.3) is 5.91 Å². The van der Waals surface area contributed by atoms with Gasteiger partial charge in [-0.25, -0.2) is 8.42 Å². The Morgan fingerprint density at radius 2 is 1.70 bits per heavy atom. The first-order valence-corrected chi connectivity index (χ1v) is 12.3. The summed E-state index contributed by atoms with van der Waals surface area (Å²) >= 11 is 3.41. The number of carbonyl (C=O) groups is 1. The zero-order chi connectivity index (χ0) is 20.9.